The van der Waals surface area contributed by atoms with Crippen LogP contribution in [-0.2, 0) is 0 Å². The molecule has 0 aliphatic carbocycles. The summed E-state index contributed by atoms with van der Waals surface area (Å²) in [6.45, 7) is 10.2. The molecule has 0 radical (unpaired) electrons. The van der Waals surface area contributed by atoms with E-state index in [1.165, 1.54) is 19.3 Å². The van der Waals surface area contributed by atoms with Crippen LogP contribution in [0.5, 0.6) is 0 Å². The van der Waals surface area contributed by atoms with Gasteiger partial charge in [-0.2, -0.15) is 0 Å². The maximum absolute atomic E-state index is 4.68. The molecule has 1 aliphatic heterocycles. The van der Waals surface area contributed by atoms with Gasteiger partial charge in [0, 0.05) is 24.8 Å². The molecular formula is C19H29N3. The first kappa shape index (κ1) is 18.1. The van der Waals surface area contributed by atoms with Crippen molar-refractivity contribution in [3.63, 3.8) is 0 Å². The van der Waals surface area contributed by atoms with Gasteiger partial charge in [0.25, 0.3) is 0 Å². The van der Waals surface area contributed by atoms with E-state index in [1.807, 2.05) is 58.2 Å². The minimum Gasteiger partial charge on any atom is -0.341 e. The summed E-state index contributed by atoms with van der Waals surface area (Å²) in [5, 5.41) is 0. The standard InChI is InChI=1S/C15H17N3.2C2H6/c1-3-7-13(8-4-1)14-9-10-16-15(17-14)18-11-5-2-6-12-18;2*1-2/h1,3-4,7-10H,2,5-6,11-12H2;2*1-2H3. The largest absolute Gasteiger partial charge is 0.341 e. The molecule has 3 heteroatoms. The second-order valence-corrected chi connectivity index (χ2v) is 4.66. The topological polar surface area (TPSA) is 29.0 Å². The second kappa shape index (κ2) is 10.8. The zero-order valence-electron chi connectivity index (χ0n) is 14.4. The van der Waals surface area contributed by atoms with E-state index in [2.05, 4.69) is 27.0 Å². The number of hydrogen-bond donors (Lipinski definition) is 0. The van der Waals surface area contributed by atoms with E-state index < -0.39 is 0 Å². The first-order chi connectivity index (χ1) is 10.9. The average Bonchev–Trinajstić information content (AvgIpc) is 2.67. The lowest BCUT2D eigenvalue weighted by Gasteiger charge is -2.26. The third-order valence-electron chi connectivity index (χ3n) is 3.35. The summed E-state index contributed by atoms with van der Waals surface area (Å²) in [5.41, 5.74) is 2.16. The molecule has 1 fully saturated rings. The Labute approximate surface area is 135 Å². The molecule has 0 saturated carbocycles. The van der Waals surface area contributed by atoms with Gasteiger partial charge in [0.15, 0.2) is 0 Å². The number of nitrogens with zero attached hydrogens (tertiary/aromatic N) is 3. The van der Waals surface area contributed by atoms with Gasteiger partial charge in [-0.05, 0) is 25.3 Å². The quantitative estimate of drug-likeness (QED) is 0.764. The molecule has 1 aromatic carbocycles. The summed E-state index contributed by atoms with van der Waals surface area (Å²) in [7, 11) is 0. The Morgan fingerprint density at radius 2 is 1.45 bits per heavy atom. The van der Waals surface area contributed by atoms with Crippen molar-refractivity contribution in [1.29, 1.82) is 0 Å². The van der Waals surface area contributed by atoms with E-state index in [-0.39, 0.29) is 0 Å². The second-order valence-electron chi connectivity index (χ2n) is 4.66. The van der Waals surface area contributed by atoms with Crippen molar-refractivity contribution >= 4 is 5.95 Å². The number of aromatic nitrogens is 2. The van der Waals surface area contributed by atoms with Crippen LogP contribution in [0, 0.1) is 0 Å². The SMILES string of the molecule is CC.CC.c1ccc(-c2ccnc(N3CCCCC3)n2)cc1. The molecular weight excluding hydrogens is 270 g/mol. The first-order valence-corrected chi connectivity index (χ1v) is 8.57. The Bertz CT molecular complexity index is 505. The highest BCUT2D eigenvalue weighted by atomic mass is 15.2. The summed E-state index contributed by atoms with van der Waals surface area (Å²) < 4.78 is 0. The van der Waals surface area contributed by atoms with Gasteiger partial charge in [0.05, 0.1) is 5.69 Å². The van der Waals surface area contributed by atoms with Gasteiger partial charge in [0.1, 0.15) is 0 Å². The zero-order valence-corrected chi connectivity index (χ0v) is 14.4. The molecule has 3 nitrogen and oxygen atoms in total. The Morgan fingerprint density at radius 1 is 0.818 bits per heavy atom. The monoisotopic (exact) mass is 299 g/mol. The fourth-order valence-corrected chi connectivity index (χ4v) is 2.36. The summed E-state index contributed by atoms with van der Waals surface area (Å²) in [5.74, 6) is 0.871. The molecule has 1 aromatic heterocycles. The predicted octanol–water partition coefficient (Wildman–Crippen LogP) is 5.19. The smallest absolute Gasteiger partial charge is 0.225 e. The number of rotatable bonds is 2. The molecule has 2 aromatic rings. The lowest BCUT2D eigenvalue weighted by molar-refractivity contribution is 0.568. The van der Waals surface area contributed by atoms with Crippen LogP contribution in [0.3, 0.4) is 0 Å². The van der Waals surface area contributed by atoms with Gasteiger partial charge in [-0.3, -0.25) is 0 Å². The van der Waals surface area contributed by atoms with Crippen LogP contribution in [0.4, 0.5) is 5.95 Å². The van der Waals surface area contributed by atoms with Gasteiger partial charge in [-0.25, -0.2) is 9.97 Å². The van der Waals surface area contributed by atoms with Crippen molar-refractivity contribution in [3.05, 3.63) is 42.6 Å². The van der Waals surface area contributed by atoms with Crippen LogP contribution in [0.15, 0.2) is 42.6 Å². The molecule has 0 spiro atoms. The third-order valence-corrected chi connectivity index (χ3v) is 3.35. The average molecular weight is 299 g/mol. The fourth-order valence-electron chi connectivity index (χ4n) is 2.36. The minimum absolute atomic E-state index is 0.871. The van der Waals surface area contributed by atoms with E-state index in [9.17, 15) is 0 Å². The maximum Gasteiger partial charge on any atom is 0.225 e. The van der Waals surface area contributed by atoms with E-state index in [4.69, 9.17) is 0 Å². The Morgan fingerprint density at radius 3 is 2.09 bits per heavy atom. The molecule has 0 bridgehead atoms. The van der Waals surface area contributed by atoms with Crippen molar-refractivity contribution in [2.24, 2.45) is 0 Å². The van der Waals surface area contributed by atoms with Crippen molar-refractivity contribution in [2.45, 2.75) is 47.0 Å². The summed E-state index contributed by atoms with van der Waals surface area (Å²) in [4.78, 5) is 11.4. The number of anilines is 1. The van der Waals surface area contributed by atoms with Crippen molar-refractivity contribution < 1.29 is 0 Å². The molecule has 3 rings (SSSR count). The van der Waals surface area contributed by atoms with Crippen LogP contribution < -0.4 is 4.90 Å². The maximum atomic E-state index is 4.68. The van der Waals surface area contributed by atoms with Gasteiger partial charge < -0.3 is 4.90 Å². The molecule has 22 heavy (non-hydrogen) atoms. The highest BCUT2D eigenvalue weighted by Gasteiger charge is 2.13. The number of hydrogen-bond acceptors (Lipinski definition) is 3. The molecule has 0 atom stereocenters. The lowest BCUT2D eigenvalue weighted by Crippen LogP contribution is -2.30. The van der Waals surface area contributed by atoms with Crippen LogP contribution in [-0.4, -0.2) is 23.1 Å². The summed E-state index contributed by atoms with van der Waals surface area (Å²) in [6.07, 6.45) is 5.69. The third kappa shape index (κ3) is 5.14. The molecule has 120 valence electrons. The van der Waals surface area contributed by atoms with E-state index in [0.29, 0.717) is 0 Å². The van der Waals surface area contributed by atoms with Crippen molar-refractivity contribution in [1.82, 2.24) is 9.97 Å². The van der Waals surface area contributed by atoms with Crippen LogP contribution >= 0.6 is 0 Å². The van der Waals surface area contributed by atoms with Gasteiger partial charge >= 0.3 is 0 Å². The molecule has 0 unspecified atom stereocenters. The Hall–Kier alpha value is -1.90. The fraction of sp³-hybridized carbons (Fsp3) is 0.474. The molecule has 1 aliphatic rings. The van der Waals surface area contributed by atoms with Crippen molar-refractivity contribution in [3.8, 4) is 11.3 Å². The predicted molar refractivity (Wildman–Crippen MR) is 96.2 cm³/mol. The lowest BCUT2D eigenvalue weighted by atomic mass is 10.1. The zero-order chi connectivity index (χ0) is 16.2. The molecule has 0 N–H and O–H groups in total. The molecule has 2 heterocycles. The van der Waals surface area contributed by atoms with Gasteiger partial charge in [0.2, 0.25) is 5.95 Å². The van der Waals surface area contributed by atoms with Crippen LogP contribution in [0.2, 0.25) is 0 Å². The molecule has 1 saturated heterocycles. The van der Waals surface area contributed by atoms with Crippen molar-refractivity contribution in [2.75, 3.05) is 18.0 Å². The highest BCUT2D eigenvalue weighted by Crippen LogP contribution is 2.20. The number of piperidine rings is 1. The summed E-state index contributed by atoms with van der Waals surface area (Å²) in [6, 6.07) is 12.2. The van der Waals surface area contributed by atoms with Gasteiger partial charge in [-0.15, -0.1) is 0 Å². The highest BCUT2D eigenvalue weighted by molar-refractivity contribution is 5.59. The Kier molecular flexibility index (Phi) is 8.89. The summed E-state index contributed by atoms with van der Waals surface area (Å²) >= 11 is 0. The van der Waals surface area contributed by atoms with Crippen LogP contribution in [0.25, 0.3) is 11.3 Å². The van der Waals surface area contributed by atoms with E-state index >= 15 is 0 Å². The normalized spacial score (nSPS) is 13.4. The van der Waals surface area contributed by atoms with E-state index in [0.717, 1.165) is 30.3 Å². The van der Waals surface area contributed by atoms with E-state index in [1.54, 1.807) is 0 Å². The van der Waals surface area contributed by atoms with Gasteiger partial charge in [-0.1, -0.05) is 58.0 Å². The Balaban J connectivity index is 0.000000561. The number of benzene rings is 1. The van der Waals surface area contributed by atoms with Crippen LogP contribution in [0.1, 0.15) is 47.0 Å². The first-order valence-electron chi connectivity index (χ1n) is 8.57. The minimum atomic E-state index is 0.871. The molecule has 0 amide bonds.